The highest BCUT2D eigenvalue weighted by Crippen LogP contribution is 2.31. The van der Waals surface area contributed by atoms with Crippen molar-refractivity contribution in [3.8, 4) is 0 Å². The molecule has 0 spiro atoms. The Labute approximate surface area is 139 Å². The van der Waals surface area contributed by atoms with Gasteiger partial charge >= 0.3 is 0 Å². The summed E-state index contributed by atoms with van der Waals surface area (Å²) in [5, 5.41) is 4.36. The molecule has 0 radical (unpaired) electrons. The van der Waals surface area contributed by atoms with E-state index >= 15 is 0 Å². The molecule has 0 aliphatic carbocycles. The van der Waals surface area contributed by atoms with Crippen LogP contribution < -0.4 is 0 Å². The Morgan fingerprint density at radius 2 is 2.21 bits per heavy atom. The highest BCUT2D eigenvalue weighted by Gasteiger charge is 2.31. The van der Waals surface area contributed by atoms with Gasteiger partial charge in [0, 0.05) is 18.8 Å². The average Bonchev–Trinajstić information content (AvgIpc) is 3.18. The third-order valence-corrected chi connectivity index (χ3v) is 4.52. The van der Waals surface area contributed by atoms with Crippen LogP contribution in [0.1, 0.15) is 52.9 Å². The van der Waals surface area contributed by atoms with Gasteiger partial charge in [-0.15, -0.1) is 0 Å². The molecule has 7 heteroatoms. The molecule has 1 saturated heterocycles. The standard InChI is InChI=1S/C17H19N5O2/c1-11-9-15-19-13(6-8-22(15)20-11)14-5-3-4-7-21(14)17(23)16-12(2)24-10-18-16/h6,8-10,14H,3-5,7H2,1-2H3/t14-/m0/s1. The van der Waals surface area contributed by atoms with Crippen LogP contribution in [0.25, 0.3) is 5.65 Å². The van der Waals surface area contributed by atoms with Gasteiger partial charge in [0.2, 0.25) is 0 Å². The smallest absolute Gasteiger partial charge is 0.276 e. The van der Waals surface area contributed by atoms with Gasteiger partial charge in [0.1, 0.15) is 5.76 Å². The molecule has 1 atom stereocenters. The first kappa shape index (κ1) is 14.9. The molecule has 0 unspecified atom stereocenters. The van der Waals surface area contributed by atoms with Crippen LogP contribution in [0.2, 0.25) is 0 Å². The molecular weight excluding hydrogens is 306 g/mol. The van der Waals surface area contributed by atoms with E-state index in [4.69, 9.17) is 9.40 Å². The molecule has 24 heavy (non-hydrogen) atoms. The number of carbonyl (C=O) groups excluding carboxylic acids is 1. The van der Waals surface area contributed by atoms with Crippen molar-refractivity contribution in [2.45, 2.75) is 39.2 Å². The maximum atomic E-state index is 12.9. The number of carbonyl (C=O) groups is 1. The van der Waals surface area contributed by atoms with E-state index in [-0.39, 0.29) is 11.9 Å². The van der Waals surface area contributed by atoms with Crippen molar-refractivity contribution in [3.05, 3.63) is 47.6 Å². The summed E-state index contributed by atoms with van der Waals surface area (Å²) in [5.41, 5.74) is 3.02. The van der Waals surface area contributed by atoms with Crippen LogP contribution in [0, 0.1) is 13.8 Å². The topological polar surface area (TPSA) is 76.5 Å². The molecule has 4 rings (SSSR count). The molecule has 124 valence electrons. The molecule has 4 heterocycles. The van der Waals surface area contributed by atoms with Crippen LogP contribution in [0.15, 0.2) is 29.1 Å². The third kappa shape index (κ3) is 2.46. The van der Waals surface area contributed by atoms with Gasteiger partial charge in [-0.3, -0.25) is 4.79 Å². The van der Waals surface area contributed by atoms with Crippen molar-refractivity contribution < 1.29 is 9.21 Å². The van der Waals surface area contributed by atoms with Crippen LogP contribution in [0.5, 0.6) is 0 Å². The molecule has 1 amide bonds. The van der Waals surface area contributed by atoms with Gasteiger partial charge < -0.3 is 9.32 Å². The second-order valence-corrected chi connectivity index (χ2v) is 6.21. The van der Waals surface area contributed by atoms with E-state index in [1.165, 1.54) is 6.39 Å². The lowest BCUT2D eigenvalue weighted by molar-refractivity contribution is 0.0599. The number of likely N-dealkylation sites (tertiary alicyclic amines) is 1. The van der Waals surface area contributed by atoms with Gasteiger partial charge in [0.25, 0.3) is 5.91 Å². The number of aromatic nitrogens is 4. The highest BCUT2D eigenvalue weighted by atomic mass is 16.3. The molecule has 1 fully saturated rings. The van der Waals surface area contributed by atoms with Gasteiger partial charge in [-0.05, 0) is 39.2 Å². The molecule has 3 aromatic rings. The van der Waals surface area contributed by atoms with Crippen molar-refractivity contribution in [2.75, 3.05) is 6.54 Å². The van der Waals surface area contributed by atoms with Crippen LogP contribution in [-0.2, 0) is 0 Å². The van der Waals surface area contributed by atoms with Crippen LogP contribution in [0.4, 0.5) is 0 Å². The summed E-state index contributed by atoms with van der Waals surface area (Å²) in [6.45, 7) is 4.41. The van der Waals surface area contributed by atoms with E-state index < -0.39 is 0 Å². The normalized spacial score (nSPS) is 18.2. The van der Waals surface area contributed by atoms with E-state index in [0.29, 0.717) is 18.0 Å². The SMILES string of the molecule is Cc1cc2nc([C@@H]3CCCCN3C(=O)c3ncoc3C)ccn2n1. The minimum absolute atomic E-state index is 0.0393. The summed E-state index contributed by atoms with van der Waals surface area (Å²) >= 11 is 0. The average molecular weight is 325 g/mol. The molecule has 1 aliphatic rings. The van der Waals surface area contributed by atoms with E-state index in [2.05, 4.69) is 10.1 Å². The number of piperidine rings is 1. The Kier molecular flexibility index (Phi) is 3.55. The zero-order valence-corrected chi connectivity index (χ0v) is 13.8. The molecule has 0 bridgehead atoms. The second kappa shape index (κ2) is 5.74. The maximum Gasteiger partial charge on any atom is 0.276 e. The van der Waals surface area contributed by atoms with E-state index in [1.54, 1.807) is 11.4 Å². The number of oxazole rings is 1. The molecule has 3 aromatic heterocycles. The minimum Gasteiger partial charge on any atom is -0.448 e. The predicted octanol–water partition coefficient (Wildman–Crippen LogP) is 2.70. The molecule has 0 N–H and O–H groups in total. The van der Waals surface area contributed by atoms with Gasteiger partial charge in [-0.2, -0.15) is 5.10 Å². The largest absolute Gasteiger partial charge is 0.448 e. The highest BCUT2D eigenvalue weighted by molar-refractivity contribution is 5.93. The van der Waals surface area contributed by atoms with Crippen LogP contribution in [0.3, 0.4) is 0 Å². The fraction of sp³-hybridized carbons (Fsp3) is 0.412. The van der Waals surface area contributed by atoms with Crippen molar-refractivity contribution >= 4 is 11.6 Å². The summed E-state index contributed by atoms with van der Waals surface area (Å²) in [7, 11) is 0. The van der Waals surface area contributed by atoms with E-state index in [1.807, 2.05) is 30.2 Å². The Morgan fingerprint density at radius 3 is 3.00 bits per heavy atom. The summed E-state index contributed by atoms with van der Waals surface area (Å²) < 4.78 is 6.95. The van der Waals surface area contributed by atoms with Gasteiger partial charge in [-0.1, -0.05) is 0 Å². The summed E-state index contributed by atoms with van der Waals surface area (Å²) in [6.07, 6.45) is 6.20. The lowest BCUT2D eigenvalue weighted by Gasteiger charge is -2.35. The van der Waals surface area contributed by atoms with E-state index in [9.17, 15) is 4.79 Å². The number of fused-ring (bicyclic) bond motifs is 1. The molecule has 1 aliphatic heterocycles. The Balaban J connectivity index is 1.70. The number of hydrogen-bond donors (Lipinski definition) is 0. The number of rotatable bonds is 2. The minimum atomic E-state index is -0.0858. The Bertz CT molecular complexity index is 897. The Hall–Kier alpha value is -2.70. The molecule has 0 saturated carbocycles. The molecule has 0 aromatic carbocycles. The first-order valence-electron chi connectivity index (χ1n) is 8.17. The number of nitrogens with zero attached hydrogens (tertiary/aromatic N) is 5. The monoisotopic (exact) mass is 325 g/mol. The fourth-order valence-corrected chi connectivity index (χ4v) is 3.33. The zero-order chi connectivity index (χ0) is 16.7. The zero-order valence-electron chi connectivity index (χ0n) is 13.8. The van der Waals surface area contributed by atoms with Crippen molar-refractivity contribution in [1.82, 2.24) is 24.5 Å². The lowest BCUT2D eigenvalue weighted by Crippen LogP contribution is -2.39. The first-order valence-corrected chi connectivity index (χ1v) is 8.17. The maximum absolute atomic E-state index is 12.9. The van der Waals surface area contributed by atoms with Crippen molar-refractivity contribution in [1.29, 1.82) is 0 Å². The molecular formula is C17H19N5O2. The summed E-state index contributed by atoms with van der Waals surface area (Å²) in [6, 6.07) is 3.86. The lowest BCUT2D eigenvalue weighted by atomic mass is 9.98. The number of aryl methyl sites for hydroxylation is 2. The fourth-order valence-electron chi connectivity index (χ4n) is 3.33. The second-order valence-electron chi connectivity index (χ2n) is 6.21. The predicted molar refractivity (Wildman–Crippen MR) is 86.6 cm³/mol. The van der Waals surface area contributed by atoms with Crippen molar-refractivity contribution in [3.63, 3.8) is 0 Å². The van der Waals surface area contributed by atoms with Crippen molar-refractivity contribution in [2.24, 2.45) is 0 Å². The molecule has 7 nitrogen and oxygen atoms in total. The van der Waals surface area contributed by atoms with Gasteiger partial charge in [0.05, 0.1) is 17.4 Å². The van der Waals surface area contributed by atoms with Crippen LogP contribution >= 0.6 is 0 Å². The van der Waals surface area contributed by atoms with Gasteiger partial charge in [0.15, 0.2) is 17.7 Å². The van der Waals surface area contributed by atoms with Gasteiger partial charge in [-0.25, -0.2) is 14.5 Å². The Morgan fingerprint density at radius 1 is 1.33 bits per heavy atom. The first-order chi connectivity index (χ1) is 11.6. The quantitative estimate of drug-likeness (QED) is 0.724. The number of hydrogen-bond acceptors (Lipinski definition) is 5. The number of amides is 1. The summed E-state index contributed by atoms with van der Waals surface area (Å²) in [4.78, 5) is 23.6. The third-order valence-electron chi connectivity index (χ3n) is 4.52. The summed E-state index contributed by atoms with van der Waals surface area (Å²) in [5.74, 6) is 0.469. The van der Waals surface area contributed by atoms with E-state index in [0.717, 1.165) is 36.3 Å². The van der Waals surface area contributed by atoms with Crippen LogP contribution in [-0.4, -0.2) is 36.9 Å².